The quantitative estimate of drug-likeness (QED) is 0.537. The van der Waals surface area contributed by atoms with Crippen LogP contribution in [0.1, 0.15) is 48.0 Å². The van der Waals surface area contributed by atoms with Crippen molar-refractivity contribution in [3.63, 3.8) is 0 Å². The minimum absolute atomic E-state index is 0.160. The third-order valence-corrected chi connectivity index (χ3v) is 6.76. The molecular formula is C26H27NO. The molecule has 2 aliphatic rings. The van der Waals surface area contributed by atoms with Crippen LogP contribution in [0.2, 0.25) is 0 Å². The number of hydrogen-bond acceptors (Lipinski definition) is 2. The molecule has 2 saturated heterocycles. The Bertz CT molecular complexity index is 961. The highest BCUT2D eigenvalue weighted by Crippen LogP contribution is 2.39. The van der Waals surface area contributed by atoms with Gasteiger partial charge in [-0.3, -0.25) is 9.69 Å². The molecular weight excluding hydrogens is 342 g/mol. The average Bonchev–Trinajstić information content (AvgIpc) is 2.73. The number of nitrogens with zero attached hydrogens (tertiary/aromatic N) is 1. The van der Waals surface area contributed by atoms with Crippen LogP contribution in [0.15, 0.2) is 72.8 Å². The van der Waals surface area contributed by atoms with Crippen LogP contribution >= 0.6 is 0 Å². The lowest BCUT2D eigenvalue weighted by molar-refractivity contribution is 0.00911. The Balaban J connectivity index is 1.39. The fourth-order valence-electron chi connectivity index (χ4n) is 5.41. The number of fused-ring (bicyclic) bond motifs is 3. The molecule has 0 aliphatic carbocycles. The van der Waals surface area contributed by atoms with Gasteiger partial charge in [0.15, 0.2) is 5.78 Å². The molecule has 2 aliphatic heterocycles. The molecule has 2 fully saturated rings. The second kappa shape index (κ2) is 7.52. The van der Waals surface area contributed by atoms with E-state index in [0.29, 0.717) is 17.9 Å². The van der Waals surface area contributed by atoms with Crippen LogP contribution in [0, 0.1) is 5.92 Å². The van der Waals surface area contributed by atoms with Gasteiger partial charge in [0.1, 0.15) is 0 Å². The van der Waals surface area contributed by atoms with Crippen molar-refractivity contribution in [1.82, 2.24) is 4.90 Å². The first-order valence-corrected chi connectivity index (χ1v) is 10.6. The molecule has 142 valence electrons. The molecule has 28 heavy (non-hydrogen) atoms. The van der Waals surface area contributed by atoms with Crippen LogP contribution in [-0.4, -0.2) is 22.8 Å². The van der Waals surface area contributed by atoms with Crippen LogP contribution in [0.5, 0.6) is 0 Å². The first-order valence-electron chi connectivity index (χ1n) is 10.6. The molecule has 0 radical (unpaired) electrons. The van der Waals surface area contributed by atoms with Crippen LogP contribution in [0.25, 0.3) is 10.8 Å². The Morgan fingerprint density at radius 1 is 0.821 bits per heavy atom. The van der Waals surface area contributed by atoms with Gasteiger partial charge in [-0.1, -0.05) is 79.2 Å². The Kier molecular flexibility index (Phi) is 4.74. The van der Waals surface area contributed by atoms with E-state index in [-0.39, 0.29) is 5.92 Å². The summed E-state index contributed by atoms with van der Waals surface area (Å²) in [4.78, 5) is 16.2. The molecule has 0 saturated carbocycles. The minimum atomic E-state index is 0.160. The molecule has 0 amide bonds. The molecule has 2 heterocycles. The standard InChI is InChI=1S/C26H27NO/c28-26(25-15-6-11-20-10-4-5-14-24(20)25)21-16-22-12-7-13-23(17-21)27(22)18-19-8-2-1-3-9-19/h1-6,8-11,14-15,21-23H,7,12-13,16-18H2. The Hall–Kier alpha value is -2.45. The summed E-state index contributed by atoms with van der Waals surface area (Å²) in [6, 6.07) is 26.3. The lowest BCUT2D eigenvalue weighted by Gasteiger charge is -2.48. The summed E-state index contributed by atoms with van der Waals surface area (Å²) in [6.07, 6.45) is 5.76. The van der Waals surface area contributed by atoms with Crippen molar-refractivity contribution >= 4 is 16.6 Å². The molecule has 5 rings (SSSR count). The minimum Gasteiger partial charge on any atom is -0.294 e. The van der Waals surface area contributed by atoms with Crippen molar-refractivity contribution in [2.45, 2.75) is 50.7 Å². The largest absolute Gasteiger partial charge is 0.294 e. The predicted molar refractivity (Wildman–Crippen MR) is 114 cm³/mol. The Morgan fingerprint density at radius 2 is 1.50 bits per heavy atom. The van der Waals surface area contributed by atoms with E-state index < -0.39 is 0 Å². The molecule has 3 aromatic carbocycles. The summed E-state index contributed by atoms with van der Waals surface area (Å²) in [6.45, 7) is 1.02. The second-order valence-corrected chi connectivity index (χ2v) is 8.46. The summed E-state index contributed by atoms with van der Waals surface area (Å²) < 4.78 is 0. The molecule has 0 N–H and O–H groups in total. The van der Waals surface area contributed by atoms with Gasteiger partial charge in [0.05, 0.1) is 0 Å². The summed E-state index contributed by atoms with van der Waals surface area (Å²) in [7, 11) is 0. The lowest BCUT2D eigenvalue weighted by Crippen LogP contribution is -2.52. The van der Waals surface area contributed by atoms with E-state index in [9.17, 15) is 4.79 Å². The van der Waals surface area contributed by atoms with E-state index >= 15 is 0 Å². The first kappa shape index (κ1) is 17.6. The van der Waals surface area contributed by atoms with Gasteiger partial charge < -0.3 is 0 Å². The third kappa shape index (κ3) is 3.27. The predicted octanol–water partition coefficient (Wildman–Crippen LogP) is 5.86. The summed E-state index contributed by atoms with van der Waals surface area (Å²) >= 11 is 0. The molecule has 2 unspecified atom stereocenters. The number of piperidine rings is 2. The number of carbonyl (C=O) groups excluding carboxylic acids is 1. The fraction of sp³-hybridized carbons (Fsp3) is 0.346. The van der Waals surface area contributed by atoms with Gasteiger partial charge in [-0.05, 0) is 42.0 Å². The van der Waals surface area contributed by atoms with Crippen molar-refractivity contribution in [2.75, 3.05) is 0 Å². The van der Waals surface area contributed by atoms with E-state index in [1.807, 2.05) is 24.3 Å². The number of benzene rings is 3. The summed E-state index contributed by atoms with van der Waals surface area (Å²) in [5.41, 5.74) is 2.30. The zero-order valence-electron chi connectivity index (χ0n) is 16.3. The molecule has 2 heteroatoms. The van der Waals surface area contributed by atoms with Gasteiger partial charge in [-0.2, -0.15) is 0 Å². The molecule has 2 bridgehead atoms. The van der Waals surface area contributed by atoms with Gasteiger partial charge >= 0.3 is 0 Å². The first-order chi connectivity index (χ1) is 13.8. The average molecular weight is 370 g/mol. The van der Waals surface area contributed by atoms with Crippen molar-refractivity contribution in [1.29, 1.82) is 0 Å². The van der Waals surface area contributed by atoms with Gasteiger partial charge in [0.25, 0.3) is 0 Å². The highest BCUT2D eigenvalue weighted by molar-refractivity contribution is 6.09. The van der Waals surface area contributed by atoms with Crippen molar-refractivity contribution in [3.05, 3.63) is 83.9 Å². The van der Waals surface area contributed by atoms with Gasteiger partial charge in [-0.25, -0.2) is 0 Å². The van der Waals surface area contributed by atoms with Crippen LogP contribution < -0.4 is 0 Å². The monoisotopic (exact) mass is 369 g/mol. The van der Waals surface area contributed by atoms with Crippen molar-refractivity contribution < 1.29 is 4.79 Å². The van der Waals surface area contributed by atoms with Crippen molar-refractivity contribution in [2.24, 2.45) is 5.92 Å². The van der Waals surface area contributed by atoms with E-state index in [1.165, 1.54) is 24.8 Å². The maximum Gasteiger partial charge on any atom is 0.166 e. The second-order valence-electron chi connectivity index (χ2n) is 8.46. The van der Waals surface area contributed by atoms with E-state index in [2.05, 4.69) is 53.4 Å². The highest BCUT2D eigenvalue weighted by Gasteiger charge is 2.40. The normalized spacial score (nSPS) is 24.9. The molecule has 2 nitrogen and oxygen atoms in total. The number of Topliss-reactive ketones (excluding diaryl/α,β-unsaturated/α-hetero) is 1. The van der Waals surface area contributed by atoms with E-state index in [1.54, 1.807) is 0 Å². The fourth-order valence-corrected chi connectivity index (χ4v) is 5.41. The molecule has 0 spiro atoms. The van der Waals surface area contributed by atoms with E-state index in [4.69, 9.17) is 0 Å². The maximum atomic E-state index is 13.5. The van der Waals surface area contributed by atoms with Crippen LogP contribution in [0.4, 0.5) is 0 Å². The van der Waals surface area contributed by atoms with Gasteiger partial charge in [0, 0.05) is 30.1 Å². The van der Waals surface area contributed by atoms with Crippen LogP contribution in [0.3, 0.4) is 0 Å². The highest BCUT2D eigenvalue weighted by atomic mass is 16.1. The Morgan fingerprint density at radius 3 is 2.29 bits per heavy atom. The topological polar surface area (TPSA) is 20.3 Å². The maximum absolute atomic E-state index is 13.5. The number of ketones is 1. The SMILES string of the molecule is O=C(c1cccc2ccccc12)C1CC2CCCC(C1)N2Cc1ccccc1. The third-order valence-electron chi connectivity index (χ3n) is 6.76. The zero-order valence-corrected chi connectivity index (χ0v) is 16.3. The van der Waals surface area contributed by atoms with E-state index in [0.717, 1.165) is 35.7 Å². The lowest BCUT2D eigenvalue weighted by atomic mass is 9.75. The molecule has 2 atom stereocenters. The van der Waals surface area contributed by atoms with Gasteiger partial charge in [-0.15, -0.1) is 0 Å². The number of hydrogen-bond donors (Lipinski definition) is 0. The van der Waals surface area contributed by atoms with Crippen molar-refractivity contribution in [3.8, 4) is 0 Å². The Labute approximate surface area is 167 Å². The number of rotatable bonds is 4. The number of carbonyl (C=O) groups is 1. The molecule has 0 aromatic heterocycles. The van der Waals surface area contributed by atoms with Crippen LogP contribution in [-0.2, 0) is 6.54 Å². The molecule has 3 aromatic rings. The zero-order chi connectivity index (χ0) is 18.9. The van der Waals surface area contributed by atoms with Gasteiger partial charge in [0.2, 0.25) is 0 Å². The smallest absolute Gasteiger partial charge is 0.166 e. The summed E-state index contributed by atoms with van der Waals surface area (Å²) in [5, 5.41) is 2.27. The summed E-state index contributed by atoms with van der Waals surface area (Å²) in [5.74, 6) is 0.515.